The summed E-state index contributed by atoms with van der Waals surface area (Å²) in [5.74, 6) is 1.62. The Hall–Kier alpha value is -6.66. The summed E-state index contributed by atoms with van der Waals surface area (Å²) < 4.78 is 0. The highest BCUT2D eigenvalue weighted by molar-refractivity contribution is 6.13. The lowest BCUT2D eigenvalue weighted by atomic mass is 9.68. The Morgan fingerprint density at radius 3 is 1.71 bits per heavy atom. The molecule has 1 aromatic heterocycles. The lowest BCUT2D eigenvalue weighted by Gasteiger charge is -2.34. The van der Waals surface area contributed by atoms with Gasteiger partial charge in [0.05, 0.1) is 5.69 Å². The third-order valence-electron chi connectivity index (χ3n) is 9.78. The first-order chi connectivity index (χ1) is 24.9. The molecule has 1 N–H and O–H groups in total. The van der Waals surface area contributed by atoms with E-state index in [0.29, 0.717) is 34.3 Å². The Balaban J connectivity index is 1.11. The van der Waals surface area contributed by atoms with Crippen molar-refractivity contribution in [3.8, 4) is 56.4 Å². The topological polar surface area (TPSA) is 91.9 Å². The number of carbonyl (C=O) groups excluding carboxylic acids is 1. The van der Waals surface area contributed by atoms with Gasteiger partial charge in [-0.2, -0.15) is 0 Å². The van der Waals surface area contributed by atoms with Gasteiger partial charge in [0, 0.05) is 45.0 Å². The molecular formula is C45H33N5O. The van der Waals surface area contributed by atoms with Gasteiger partial charge in [0.2, 0.25) is 0 Å². The third-order valence-corrected chi connectivity index (χ3v) is 9.78. The van der Waals surface area contributed by atoms with Crippen molar-refractivity contribution in [2.45, 2.75) is 19.3 Å². The molecule has 244 valence electrons. The minimum Gasteiger partial charge on any atom is -0.308 e. The zero-order valence-corrected chi connectivity index (χ0v) is 28.3. The zero-order chi connectivity index (χ0) is 35.1. The van der Waals surface area contributed by atoms with Crippen LogP contribution in [0.4, 0.5) is 5.69 Å². The summed E-state index contributed by atoms with van der Waals surface area (Å²) >= 11 is 0. The van der Waals surface area contributed by atoms with Crippen LogP contribution in [-0.2, 0) is 5.41 Å². The molecule has 1 aliphatic rings. The molecule has 0 aliphatic heterocycles. The number of carbonyl (C=O) groups is 1. The third kappa shape index (κ3) is 5.57. The van der Waals surface area contributed by atoms with Crippen molar-refractivity contribution in [2.24, 2.45) is 4.99 Å². The molecule has 0 saturated carbocycles. The number of fused-ring (bicyclic) bond motifs is 2. The summed E-state index contributed by atoms with van der Waals surface area (Å²) in [6.45, 7) is 8.06. The van der Waals surface area contributed by atoms with Gasteiger partial charge in [-0.15, -0.1) is 0 Å². The van der Waals surface area contributed by atoms with E-state index in [9.17, 15) is 4.79 Å². The predicted molar refractivity (Wildman–Crippen MR) is 206 cm³/mol. The molecule has 0 bridgehead atoms. The van der Waals surface area contributed by atoms with Gasteiger partial charge in [0.15, 0.2) is 23.3 Å². The van der Waals surface area contributed by atoms with Crippen molar-refractivity contribution < 1.29 is 4.79 Å². The molecule has 7 aromatic rings. The molecule has 0 amide bonds. The second kappa shape index (κ2) is 12.7. The fraction of sp³-hybridized carbons (Fsp3) is 0.0667. The number of aliphatic imine (C=N–C) groups is 1. The quantitative estimate of drug-likeness (QED) is 0.172. The van der Waals surface area contributed by atoms with Crippen LogP contribution in [0.3, 0.4) is 0 Å². The highest BCUT2D eigenvalue weighted by Crippen LogP contribution is 2.43. The van der Waals surface area contributed by atoms with Crippen molar-refractivity contribution in [3.05, 3.63) is 167 Å². The Labute approximate surface area is 296 Å². The number of ketones is 1. The summed E-state index contributed by atoms with van der Waals surface area (Å²) in [6.07, 6.45) is 1.26. The van der Waals surface area contributed by atoms with E-state index in [1.165, 1.54) is 6.21 Å². The van der Waals surface area contributed by atoms with Crippen molar-refractivity contribution >= 4 is 24.4 Å². The normalized spacial score (nSPS) is 12.9. The van der Waals surface area contributed by atoms with Crippen LogP contribution in [0.5, 0.6) is 0 Å². The fourth-order valence-corrected chi connectivity index (χ4v) is 7.00. The van der Waals surface area contributed by atoms with Crippen molar-refractivity contribution in [1.29, 1.82) is 5.41 Å². The zero-order valence-electron chi connectivity index (χ0n) is 28.3. The Bertz CT molecular complexity index is 2480. The van der Waals surface area contributed by atoms with Crippen molar-refractivity contribution in [1.82, 2.24) is 15.0 Å². The van der Waals surface area contributed by atoms with Crippen LogP contribution in [0.25, 0.3) is 56.4 Å². The molecule has 0 radical (unpaired) electrons. The van der Waals surface area contributed by atoms with E-state index in [4.69, 9.17) is 20.4 Å². The first kappa shape index (κ1) is 31.6. The Kier molecular flexibility index (Phi) is 7.84. The van der Waals surface area contributed by atoms with Crippen molar-refractivity contribution in [2.75, 3.05) is 0 Å². The second-order valence-corrected chi connectivity index (χ2v) is 13.1. The Morgan fingerprint density at radius 1 is 0.549 bits per heavy atom. The van der Waals surface area contributed by atoms with E-state index in [-0.39, 0.29) is 11.2 Å². The predicted octanol–water partition coefficient (Wildman–Crippen LogP) is 10.4. The molecule has 1 aliphatic carbocycles. The number of aromatic nitrogens is 3. The van der Waals surface area contributed by atoms with Gasteiger partial charge in [0.1, 0.15) is 0 Å². The maximum Gasteiger partial charge on any atom is 0.193 e. The number of benzene rings is 6. The van der Waals surface area contributed by atoms with Gasteiger partial charge < -0.3 is 5.41 Å². The molecule has 0 saturated heterocycles. The minimum absolute atomic E-state index is 0.0882. The number of nitrogens with one attached hydrogen (secondary N) is 1. The van der Waals surface area contributed by atoms with Crippen LogP contribution in [0.15, 0.2) is 145 Å². The first-order valence-corrected chi connectivity index (χ1v) is 16.8. The summed E-state index contributed by atoms with van der Waals surface area (Å²) in [7, 11) is 0. The summed E-state index contributed by atoms with van der Waals surface area (Å²) in [6, 6.07) is 46.2. The molecule has 51 heavy (non-hydrogen) atoms. The molecule has 0 atom stereocenters. The molecule has 1 heterocycles. The molecule has 6 heteroatoms. The average Bonchev–Trinajstić information content (AvgIpc) is 3.20. The van der Waals surface area contributed by atoms with E-state index >= 15 is 0 Å². The lowest BCUT2D eigenvalue weighted by molar-refractivity contribution is 0.103. The smallest absolute Gasteiger partial charge is 0.193 e. The van der Waals surface area contributed by atoms with Crippen LogP contribution >= 0.6 is 0 Å². The molecule has 6 aromatic carbocycles. The van der Waals surface area contributed by atoms with Gasteiger partial charge in [-0.05, 0) is 52.2 Å². The van der Waals surface area contributed by atoms with Crippen LogP contribution in [0.1, 0.15) is 46.5 Å². The van der Waals surface area contributed by atoms with E-state index < -0.39 is 0 Å². The van der Waals surface area contributed by atoms with E-state index in [0.717, 1.165) is 55.6 Å². The highest BCUT2D eigenvalue weighted by Gasteiger charge is 2.36. The first-order valence-electron chi connectivity index (χ1n) is 16.8. The number of hydrogen-bond donors (Lipinski definition) is 1. The summed E-state index contributed by atoms with van der Waals surface area (Å²) in [4.78, 5) is 32.0. The van der Waals surface area contributed by atoms with Gasteiger partial charge in [-0.25, -0.2) is 15.0 Å². The number of nitrogens with zero attached hydrogens (tertiary/aromatic N) is 4. The van der Waals surface area contributed by atoms with Gasteiger partial charge in [-0.1, -0.05) is 141 Å². The minimum atomic E-state index is -0.284. The maximum atomic E-state index is 13.3. The van der Waals surface area contributed by atoms with E-state index in [2.05, 4.69) is 74.1 Å². The highest BCUT2D eigenvalue weighted by atomic mass is 16.1. The van der Waals surface area contributed by atoms with Crippen LogP contribution in [-0.4, -0.2) is 33.7 Å². The standard InChI is InChI=1S/C45H33N5O/c1-45(2)38-14-8-7-12-35(38)41(51)36-25-24-33(26-39(36)45)30-18-16-28(17-19-30)29-20-22-32(23-21-29)43-48-42(31-10-5-4-6-11-31)49-44(50-43)34-13-9-15-40(47-3)37(34)27-46/h4-27,46H,3H2,1-2H3. The summed E-state index contributed by atoms with van der Waals surface area (Å²) in [5, 5.41) is 8.07. The molecule has 8 rings (SSSR count). The molecule has 0 unspecified atom stereocenters. The monoisotopic (exact) mass is 659 g/mol. The summed E-state index contributed by atoms with van der Waals surface area (Å²) in [5.41, 5.74) is 11.3. The molecule has 0 spiro atoms. The molecule has 0 fully saturated rings. The largest absolute Gasteiger partial charge is 0.308 e. The second-order valence-electron chi connectivity index (χ2n) is 13.1. The molecule has 6 nitrogen and oxygen atoms in total. The van der Waals surface area contributed by atoms with Gasteiger partial charge >= 0.3 is 0 Å². The molecular weight excluding hydrogens is 627 g/mol. The van der Waals surface area contributed by atoms with E-state index in [1.54, 1.807) is 0 Å². The average molecular weight is 660 g/mol. The Morgan fingerprint density at radius 2 is 1.06 bits per heavy atom. The number of rotatable bonds is 7. The SMILES string of the molecule is C=Nc1cccc(-c2nc(-c3ccccc3)nc(-c3ccc(-c4ccc(-c5ccc6c(c5)C(C)(C)c5ccccc5C6=O)cc4)cc3)n2)c1C=N. The van der Waals surface area contributed by atoms with Crippen LogP contribution in [0.2, 0.25) is 0 Å². The number of hydrogen-bond acceptors (Lipinski definition) is 6. The van der Waals surface area contributed by atoms with E-state index in [1.807, 2.05) is 91.0 Å². The lowest BCUT2D eigenvalue weighted by Crippen LogP contribution is -2.30. The van der Waals surface area contributed by atoms with Crippen LogP contribution in [0, 0.1) is 5.41 Å². The fourth-order valence-electron chi connectivity index (χ4n) is 7.00. The van der Waals surface area contributed by atoms with Gasteiger partial charge in [-0.3, -0.25) is 9.79 Å². The van der Waals surface area contributed by atoms with Crippen LogP contribution < -0.4 is 0 Å². The van der Waals surface area contributed by atoms with Crippen molar-refractivity contribution in [3.63, 3.8) is 0 Å². The van der Waals surface area contributed by atoms with Gasteiger partial charge in [0.25, 0.3) is 0 Å². The maximum absolute atomic E-state index is 13.3.